The molecule has 1 aliphatic heterocycles. The molecule has 0 radical (unpaired) electrons. The van der Waals surface area contributed by atoms with E-state index in [9.17, 15) is 9.18 Å². The number of methoxy groups -OCH3 is 1. The number of hydrogen-bond donors (Lipinski definition) is 0. The molecule has 1 aliphatic rings. The number of rotatable bonds is 6. The van der Waals surface area contributed by atoms with Crippen LogP contribution in [-0.4, -0.2) is 25.6 Å². The lowest BCUT2D eigenvalue weighted by Crippen LogP contribution is -2.05. The third-order valence-corrected chi connectivity index (χ3v) is 4.53. The van der Waals surface area contributed by atoms with Crippen molar-refractivity contribution in [1.29, 1.82) is 0 Å². The van der Waals surface area contributed by atoms with Gasteiger partial charge in [-0.05, 0) is 83.1 Å². The molecule has 0 aliphatic carbocycles. The number of carbonyl (C=O) groups is 1. The second-order valence-corrected chi connectivity index (χ2v) is 7.29. The molecule has 0 fully saturated rings. The molecule has 0 bridgehead atoms. The number of aliphatic imine (C=N–C) groups is 1. The minimum Gasteiger partial charge on any atom is -0.493 e. The minimum atomic E-state index is -0.573. The van der Waals surface area contributed by atoms with Gasteiger partial charge in [-0.25, -0.2) is 14.2 Å². The van der Waals surface area contributed by atoms with E-state index in [1.807, 2.05) is 13.0 Å². The zero-order chi connectivity index (χ0) is 20.3. The summed E-state index contributed by atoms with van der Waals surface area (Å²) in [7, 11) is 1.55. The molecule has 0 spiro atoms. The summed E-state index contributed by atoms with van der Waals surface area (Å²) in [6.07, 6.45) is 1.60. The number of benzene rings is 2. The van der Waals surface area contributed by atoms with E-state index in [4.69, 9.17) is 14.2 Å². The van der Waals surface area contributed by atoms with E-state index in [0.717, 1.165) is 9.14 Å². The minimum absolute atomic E-state index is 0.138. The Morgan fingerprint density at radius 3 is 2.68 bits per heavy atom. The molecular formula is C21H17FINO4. The van der Waals surface area contributed by atoms with E-state index in [1.54, 1.807) is 19.3 Å². The first-order chi connectivity index (χ1) is 13.4. The summed E-state index contributed by atoms with van der Waals surface area (Å²) >= 11 is 2.14. The fraction of sp³-hybridized carbons (Fsp3) is 0.143. The monoisotopic (exact) mass is 493 g/mol. The molecule has 7 heteroatoms. The molecule has 2 aromatic carbocycles. The van der Waals surface area contributed by atoms with Crippen molar-refractivity contribution in [1.82, 2.24) is 0 Å². The van der Waals surface area contributed by atoms with Crippen molar-refractivity contribution in [3.05, 3.63) is 74.8 Å². The quantitative estimate of drug-likeness (QED) is 0.253. The smallest absolute Gasteiger partial charge is 0.363 e. The van der Waals surface area contributed by atoms with E-state index in [2.05, 4.69) is 34.2 Å². The number of ether oxygens (including phenoxy) is 3. The summed E-state index contributed by atoms with van der Waals surface area (Å²) in [6.45, 7) is 6.08. The summed E-state index contributed by atoms with van der Waals surface area (Å²) in [5.41, 5.74) is 2.27. The molecule has 0 saturated carbocycles. The highest BCUT2D eigenvalue weighted by molar-refractivity contribution is 14.1. The molecule has 3 rings (SSSR count). The zero-order valence-electron chi connectivity index (χ0n) is 15.3. The topological polar surface area (TPSA) is 57.1 Å². The van der Waals surface area contributed by atoms with Gasteiger partial charge in [-0.15, -0.1) is 0 Å². The van der Waals surface area contributed by atoms with Crippen molar-refractivity contribution in [2.75, 3.05) is 13.7 Å². The second-order valence-electron chi connectivity index (χ2n) is 6.12. The fourth-order valence-electron chi connectivity index (χ4n) is 2.44. The predicted molar refractivity (Wildman–Crippen MR) is 113 cm³/mol. The highest BCUT2D eigenvalue weighted by atomic mass is 127. The first-order valence-electron chi connectivity index (χ1n) is 8.30. The summed E-state index contributed by atoms with van der Waals surface area (Å²) in [6, 6.07) is 9.17. The van der Waals surface area contributed by atoms with Crippen molar-refractivity contribution in [2.45, 2.75) is 6.92 Å². The highest BCUT2D eigenvalue weighted by Gasteiger charge is 2.24. The Balaban J connectivity index is 1.91. The van der Waals surface area contributed by atoms with Gasteiger partial charge >= 0.3 is 5.97 Å². The molecule has 0 aromatic heterocycles. The molecule has 0 atom stereocenters. The van der Waals surface area contributed by atoms with E-state index in [-0.39, 0.29) is 17.4 Å². The van der Waals surface area contributed by atoms with Crippen molar-refractivity contribution < 1.29 is 23.4 Å². The average Bonchev–Trinajstić information content (AvgIpc) is 3.01. The van der Waals surface area contributed by atoms with Crippen LogP contribution in [0.25, 0.3) is 6.08 Å². The van der Waals surface area contributed by atoms with Gasteiger partial charge in [0.05, 0.1) is 10.7 Å². The first kappa shape index (κ1) is 20.1. The normalized spacial score (nSPS) is 14.6. The second kappa shape index (κ2) is 8.55. The van der Waals surface area contributed by atoms with Gasteiger partial charge in [-0.3, -0.25) is 0 Å². The van der Waals surface area contributed by atoms with Crippen LogP contribution >= 0.6 is 22.6 Å². The van der Waals surface area contributed by atoms with Crippen LogP contribution in [0.2, 0.25) is 0 Å². The zero-order valence-corrected chi connectivity index (χ0v) is 17.4. The van der Waals surface area contributed by atoms with Crippen LogP contribution in [0.5, 0.6) is 11.5 Å². The van der Waals surface area contributed by atoms with E-state index >= 15 is 0 Å². The standard InChI is InChI=1S/C21H17FINO4/c1-12(2)11-27-19-16(23)8-13(10-18(19)26-3)9-17-21(25)28-20(24-17)14-4-6-15(22)7-5-14/h4-10H,1,11H2,2-3H3/b17-9+. The van der Waals surface area contributed by atoms with Gasteiger partial charge in [0.2, 0.25) is 5.90 Å². The third-order valence-electron chi connectivity index (χ3n) is 3.73. The number of halogens is 2. The maximum atomic E-state index is 13.1. The Hall–Kier alpha value is -2.68. The van der Waals surface area contributed by atoms with Gasteiger partial charge in [0.25, 0.3) is 0 Å². The van der Waals surface area contributed by atoms with E-state index in [1.165, 1.54) is 24.3 Å². The Morgan fingerprint density at radius 2 is 2.04 bits per heavy atom. The molecular weight excluding hydrogens is 476 g/mol. The fourth-order valence-corrected chi connectivity index (χ4v) is 3.22. The molecule has 1 heterocycles. The van der Waals surface area contributed by atoms with E-state index < -0.39 is 5.97 Å². The van der Waals surface area contributed by atoms with Crippen molar-refractivity contribution in [3.63, 3.8) is 0 Å². The van der Waals surface area contributed by atoms with Crippen LogP contribution in [-0.2, 0) is 9.53 Å². The number of hydrogen-bond acceptors (Lipinski definition) is 5. The first-order valence-corrected chi connectivity index (χ1v) is 9.38. The van der Waals surface area contributed by atoms with Gasteiger partial charge in [0.1, 0.15) is 12.4 Å². The highest BCUT2D eigenvalue weighted by Crippen LogP contribution is 2.35. The lowest BCUT2D eigenvalue weighted by molar-refractivity contribution is -0.129. The maximum Gasteiger partial charge on any atom is 0.363 e. The summed E-state index contributed by atoms with van der Waals surface area (Å²) in [5, 5.41) is 0. The van der Waals surface area contributed by atoms with Crippen LogP contribution in [0.15, 0.2) is 59.2 Å². The third kappa shape index (κ3) is 4.59. The number of cyclic esters (lactones) is 1. The van der Waals surface area contributed by atoms with E-state index in [0.29, 0.717) is 29.2 Å². The average molecular weight is 493 g/mol. The van der Waals surface area contributed by atoms with Crippen LogP contribution < -0.4 is 9.47 Å². The largest absolute Gasteiger partial charge is 0.493 e. The van der Waals surface area contributed by atoms with Crippen LogP contribution in [0.1, 0.15) is 18.1 Å². The molecule has 0 saturated heterocycles. The molecule has 28 heavy (non-hydrogen) atoms. The molecule has 144 valence electrons. The molecule has 0 amide bonds. The molecule has 0 N–H and O–H groups in total. The molecule has 2 aromatic rings. The number of esters is 1. The Bertz CT molecular complexity index is 996. The predicted octanol–water partition coefficient (Wildman–Crippen LogP) is 4.74. The van der Waals surface area contributed by atoms with Crippen LogP contribution in [0.4, 0.5) is 4.39 Å². The van der Waals surface area contributed by atoms with Crippen molar-refractivity contribution in [3.8, 4) is 11.5 Å². The Morgan fingerprint density at radius 1 is 1.32 bits per heavy atom. The van der Waals surface area contributed by atoms with Gasteiger partial charge < -0.3 is 14.2 Å². The van der Waals surface area contributed by atoms with Crippen molar-refractivity contribution >= 4 is 40.5 Å². The van der Waals surface area contributed by atoms with Crippen molar-refractivity contribution in [2.24, 2.45) is 4.99 Å². The summed E-state index contributed by atoms with van der Waals surface area (Å²) in [5.74, 6) is 0.335. The lowest BCUT2D eigenvalue weighted by Gasteiger charge is -2.13. The Kier molecular flexibility index (Phi) is 6.13. The number of nitrogens with zero attached hydrogens (tertiary/aromatic N) is 1. The maximum absolute atomic E-state index is 13.1. The lowest BCUT2D eigenvalue weighted by atomic mass is 10.1. The SMILES string of the molecule is C=C(C)COc1c(I)cc(/C=C2/N=C(c3ccc(F)cc3)OC2=O)cc1OC. The number of carbonyl (C=O) groups excluding carboxylic acids is 1. The molecule has 5 nitrogen and oxygen atoms in total. The summed E-state index contributed by atoms with van der Waals surface area (Å²) < 4.78 is 30.3. The van der Waals surface area contributed by atoms with Gasteiger partial charge in [-0.2, -0.15) is 0 Å². The Labute approximate surface area is 175 Å². The van der Waals surface area contributed by atoms with Gasteiger partial charge in [-0.1, -0.05) is 6.58 Å². The van der Waals surface area contributed by atoms with Gasteiger partial charge in [0, 0.05) is 5.56 Å². The molecule has 0 unspecified atom stereocenters. The van der Waals surface area contributed by atoms with Crippen LogP contribution in [0, 0.1) is 9.39 Å². The van der Waals surface area contributed by atoms with Gasteiger partial charge in [0.15, 0.2) is 17.2 Å². The van der Waals surface area contributed by atoms with Crippen LogP contribution in [0.3, 0.4) is 0 Å². The summed E-state index contributed by atoms with van der Waals surface area (Å²) in [4.78, 5) is 16.4.